The van der Waals surface area contributed by atoms with Crippen molar-refractivity contribution in [3.05, 3.63) is 36.0 Å². The second-order valence-electron chi connectivity index (χ2n) is 12.2. The molecule has 7 nitrogen and oxygen atoms in total. The van der Waals surface area contributed by atoms with Crippen LogP contribution in [0.5, 0.6) is 0 Å². The molecule has 0 unspecified atom stereocenters. The third-order valence-corrected chi connectivity index (χ3v) is 10.6. The number of nitrogens with zero attached hydrogens (tertiary/aromatic N) is 2. The summed E-state index contributed by atoms with van der Waals surface area (Å²) in [6.45, 7) is 9.92. The molecule has 7 heteroatoms. The fourth-order valence-electron chi connectivity index (χ4n) is 8.49. The minimum atomic E-state index is -0.111. The molecule has 1 aromatic rings. The number of carbonyl (C=O) groups is 3. The average molecular weight is 507 g/mol. The molecular formula is C30H42N4O3. The monoisotopic (exact) mass is 506 g/mol. The Balaban J connectivity index is 1.25. The Bertz CT molecular complexity index is 1100. The Kier molecular flexibility index (Phi) is 6.92. The summed E-state index contributed by atoms with van der Waals surface area (Å²) in [5.74, 6) is 2.59. The predicted molar refractivity (Wildman–Crippen MR) is 144 cm³/mol. The van der Waals surface area contributed by atoms with Gasteiger partial charge in [0.05, 0.1) is 0 Å². The predicted octanol–water partition coefficient (Wildman–Crippen LogP) is 4.81. The summed E-state index contributed by atoms with van der Waals surface area (Å²) in [6, 6.07) is 5.50. The highest BCUT2D eigenvalue weighted by Gasteiger charge is 2.59. The van der Waals surface area contributed by atoms with E-state index in [1.807, 2.05) is 13.8 Å². The number of carbonyl (C=O) groups excluding carboxylic acids is 3. The molecule has 3 fully saturated rings. The summed E-state index contributed by atoms with van der Waals surface area (Å²) in [7, 11) is 0. The van der Waals surface area contributed by atoms with E-state index in [0.29, 0.717) is 54.7 Å². The highest BCUT2D eigenvalue weighted by molar-refractivity contribution is 5.94. The smallest absolute Gasteiger partial charge is 0.272 e. The van der Waals surface area contributed by atoms with Crippen LogP contribution in [-0.2, 0) is 9.59 Å². The van der Waals surface area contributed by atoms with Crippen molar-refractivity contribution in [3.63, 3.8) is 0 Å². The van der Waals surface area contributed by atoms with Crippen molar-refractivity contribution in [1.82, 2.24) is 15.2 Å². The van der Waals surface area contributed by atoms with E-state index in [1.165, 1.54) is 6.42 Å². The molecule has 1 aromatic heterocycles. The second kappa shape index (κ2) is 9.88. The molecule has 2 heterocycles. The average Bonchev–Trinajstić information content (AvgIpc) is 3.21. The van der Waals surface area contributed by atoms with Crippen LogP contribution in [0.1, 0.15) is 83.1 Å². The molecule has 0 aromatic carbocycles. The Hall–Kier alpha value is -2.70. The van der Waals surface area contributed by atoms with Gasteiger partial charge in [0.15, 0.2) is 0 Å². The van der Waals surface area contributed by atoms with Gasteiger partial charge in [0.1, 0.15) is 11.5 Å². The van der Waals surface area contributed by atoms with Crippen LogP contribution in [0, 0.1) is 34.5 Å². The first kappa shape index (κ1) is 25.9. The Labute approximate surface area is 220 Å². The van der Waals surface area contributed by atoms with Crippen LogP contribution in [0.25, 0.3) is 0 Å². The number of hydrogen-bond acceptors (Lipinski definition) is 4. The minimum Gasteiger partial charge on any atom is -0.349 e. The fourth-order valence-corrected chi connectivity index (χ4v) is 8.49. The molecule has 2 N–H and O–H groups in total. The Morgan fingerprint density at radius 2 is 1.86 bits per heavy atom. The van der Waals surface area contributed by atoms with Gasteiger partial charge in [-0.05, 0) is 99.7 Å². The van der Waals surface area contributed by atoms with E-state index in [9.17, 15) is 14.4 Å². The van der Waals surface area contributed by atoms with Gasteiger partial charge in [0.25, 0.3) is 5.91 Å². The third kappa shape index (κ3) is 4.48. The first-order valence-corrected chi connectivity index (χ1v) is 14.3. The molecule has 7 atom stereocenters. The first-order valence-electron chi connectivity index (χ1n) is 14.3. The van der Waals surface area contributed by atoms with E-state index >= 15 is 0 Å². The van der Waals surface area contributed by atoms with Gasteiger partial charge in [0.2, 0.25) is 11.8 Å². The van der Waals surface area contributed by atoms with Crippen molar-refractivity contribution in [2.45, 2.75) is 78.7 Å². The van der Waals surface area contributed by atoms with Gasteiger partial charge >= 0.3 is 0 Å². The molecule has 5 rings (SSSR count). The van der Waals surface area contributed by atoms with Crippen LogP contribution in [0.2, 0.25) is 0 Å². The third-order valence-electron chi connectivity index (χ3n) is 10.6. The molecule has 3 aliphatic carbocycles. The van der Waals surface area contributed by atoms with Gasteiger partial charge in [-0.3, -0.25) is 14.4 Å². The summed E-state index contributed by atoms with van der Waals surface area (Å²) in [5, 5.41) is 6.22. The van der Waals surface area contributed by atoms with Crippen molar-refractivity contribution >= 4 is 23.5 Å². The molecule has 1 aliphatic heterocycles. The van der Waals surface area contributed by atoms with Crippen LogP contribution >= 0.6 is 0 Å². The summed E-state index contributed by atoms with van der Waals surface area (Å²) in [4.78, 5) is 44.0. The molecular weight excluding hydrogens is 464 g/mol. The van der Waals surface area contributed by atoms with Crippen molar-refractivity contribution in [2.75, 3.05) is 18.4 Å². The quantitative estimate of drug-likeness (QED) is 0.580. The number of amides is 3. The van der Waals surface area contributed by atoms with Crippen molar-refractivity contribution in [2.24, 2.45) is 34.5 Å². The zero-order valence-electron chi connectivity index (χ0n) is 22.8. The van der Waals surface area contributed by atoms with Crippen molar-refractivity contribution in [3.8, 4) is 0 Å². The van der Waals surface area contributed by atoms with Crippen LogP contribution in [0.3, 0.4) is 0 Å². The van der Waals surface area contributed by atoms with E-state index < -0.39 is 0 Å². The molecule has 0 spiro atoms. The maximum absolute atomic E-state index is 13.2. The summed E-state index contributed by atoms with van der Waals surface area (Å²) in [6.07, 6.45) is 11.2. The molecule has 3 saturated carbocycles. The maximum atomic E-state index is 13.2. The summed E-state index contributed by atoms with van der Waals surface area (Å²) < 4.78 is 0. The molecule has 0 saturated heterocycles. The summed E-state index contributed by atoms with van der Waals surface area (Å²) >= 11 is 0. The SMILES string of the molecule is CCN(CC)C(=O)c1cccc(NC(=O)C[C@H]2CC[C@H]3[C@@H]4CC[C@H]5NC(=O)C=C[C@]5(C)[C@H]4CC[C@]23C)n1. The highest BCUT2D eigenvalue weighted by Crippen LogP contribution is 2.65. The zero-order chi connectivity index (χ0) is 26.4. The number of rotatable bonds is 6. The Morgan fingerprint density at radius 3 is 2.62 bits per heavy atom. The van der Waals surface area contributed by atoms with Gasteiger partial charge in [0, 0.05) is 31.0 Å². The van der Waals surface area contributed by atoms with Gasteiger partial charge < -0.3 is 15.5 Å². The lowest BCUT2D eigenvalue weighted by Gasteiger charge is -2.59. The number of anilines is 1. The van der Waals surface area contributed by atoms with Crippen LogP contribution < -0.4 is 10.6 Å². The fraction of sp³-hybridized carbons (Fsp3) is 0.667. The normalized spacial score (nSPS) is 36.1. The van der Waals surface area contributed by atoms with Gasteiger partial charge in [-0.2, -0.15) is 0 Å². The highest BCUT2D eigenvalue weighted by atomic mass is 16.2. The summed E-state index contributed by atoms with van der Waals surface area (Å²) in [5.41, 5.74) is 0.564. The van der Waals surface area contributed by atoms with Crippen LogP contribution in [-0.4, -0.2) is 46.7 Å². The number of hydrogen-bond donors (Lipinski definition) is 2. The zero-order valence-corrected chi connectivity index (χ0v) is 22.8. The standard InChI is InChI=1S/C30H42N4O3/c1-5-34(6-2)28(37)23-8-7-9-25(31-23)33-27(36)18-19-10-12-21-20-11-13-24-30(4,17-15-26(35)32-24)22(20)14-16-29(19,21)3/h7-9,15,17,19-22,24H,5-6,10-14,16,18H2,1-4H3,(H,32,35)(H,31,33,36)/t19-,20+,21+,22+,24-,29-,30-/m1/s1. The van der Waals surface area contributed by atoms with Gasteiger partial charge in [-0.15, -0.1) is 0 Å². The van der Waals surface area contributed by atoms with Gasteiger partial charge in [-0.1, -0.05) is 26.0 Å². The Morgan fingerprint density at radius 1 is 1.08 bits per heavy atom. The first-order chi connectivity index (χ1) is 17.7. The lowest BCUT2D eigenvalue weighted by Crippen LogP contribution is -2.59. The maximum Gasteiger partial charge on any atom is 0.272 e. The van der Waals surface area contributed by atoms with Crippen LogP contribution in [0.15, 0.2) is 30.4 Å². The second-order valence-corrected chi connectivity index (χ2v) is 12.2. The lowest BCUT2D eigenvalue weighted by molar-refractivity contribution is -0.123. The number of nitrogens with one attached hydrogen (secondary N) is 2. The van der Waals surface area contributed by atoms with Crippen molar-refractivity contribution in [1.29, 1.82) is 0 Å². The van der Waals surface area contributed by atoms with E-state index in [-0.39, 0.29) is 34.6 Å². The molecule has 0 bridgehead atoms. The number of aromatic nitrogens is 1. The molecule has 200 valence electrons. The molecule has 3 amide bonds. The minimum absolute atomic E-state index is 0.0115. The number of pyridine rings is 1. The topological polar surface area (TPSA) is 91.4 Å². The molecule has 4 aliphatic rings. The van der Waals surface area contributed by atoms with E-state index in [4.69, 9.17) is 0 Å². The van der Waals surface area contributed by atoms with Gasteiger partial charge in [-0.25, -0.2) is 4.98 Å². The molecule has 0 radical (unpaired) electrons. The van der Waals surface area contributed by atoms with Crippen LogP contribution in [0.4, 0.5) is 5.82 Å². The molecule has 37 heavy (non-hydrogen) atoms. The largest absolute Gasteiger partial charge is 0.349 e. The van der Waals surface area contributed by atoms with Crippen molar-refractivity contribution < 1.29 is 14.4 Å². The number of fused-ring (bicyclic) bond motifs is 5. The van der Waals surface area contributed by atoms with E-state index in [2.05, 4.69) is 35.5 Å². The van der Waals surface area contributed by atoms with E-state index in [0.717, 1.165) is 32.1 Å². The lowest BCUT2D eigenvalue weighted by atomic mass is 9.48. The van der Waals surface area contributed by atoms with E-state index in [1.54, 1.807) is 29.2 Å².